The standard InChI is InChI=1S/C29H30N4O3/c34-27(20-8-9-21-16-30-29(36)32-26(21)15-20)31-23-11-10-22-17-33(13-12-19(22)14-23)28(35)25-7-3-5-18-4-1-2-6-24(18)25/h1-9,15,19,22-23H,10-14,16-17H2,(H,31,34)(H2,30,32,36). The molecule has 2 aliphatic heterocycles. The van der Waals surface area contributed by atoms with E-state index in [2.05, 4.69) is 16.0 Å². The van der Waals surface area contributed by atoms with Crippen molar-refractivity contribution in [3.05, 3.63) is 77.4 Å². The van der Waals surface area contributed by atoms with E-state index in [-0.39, 0.29) is 23.9 Å². The highest BCUT2D eigenvalue weighted by atomic mass is 16.2. The Labute approximate surface area is 210 Å². The Bertz CT molecular complexity index is 1350. The summed E-state index contributed by atoms with van der Waals surface area (Å²) in [5, 5.41) is 10.8. The second-order valence-corrected chi connectivity index (χ2v) is 10.2. The normalized spacial score (nSPS) is 23.2. The zero-order chi connectivity index (χ0) is 24.6. The van der Waals surface area contributed by atoms with Gasteiger partial charge < -0.3 is 20.9 Å². The number of carbonyl (C=O) groups excluding carboxylic acids is 3. The molecule has 6 rings (SSSR count). The second-order valence-electron chi connectivity index (χ2n) is 10.2. The summed E-state index contributed by atoms with van der Waals surface area (Å²) in [5.74, 6) is 1.000. The fourth-order valence-electron chi connectivity index (χ4n) is 6.11. The molecular weight excluding hydrogens is 452 g/mol. The van der Waals surface area contributed by atoms with Crippen LogP contribution in [0.3, 0.4) is 0 Å². The number of piperidine rings is 1. The number of rotatable bonds is 3. The van der Waals surface area contributed by atoms with Gasteiger partial charge in [-0.3, -0.25) is 9.59 Å². The maximum Gasteiger partial charge on any atom is 0.319 e. The molecule has 1 saturated carbocycles. The molecule has 4 amide bonds. The Morgan fingerprint density at radius 2 is 1.81 bits per heavy atom. The summed E-state index contributed by atoms with van der Waals surface area (Å²) in [5.41, 5.74) is 3.01. The van der Waals surface area contributed by atoms with E-state index in [0.717, 1.165) is 60.7 Å². The summed E-state index contributed by atoms with van der Waals surface area (Å²) in [7, 11) is 0. The summed E-state index contributed by atoms with van der Waals surface area (Å²) in [6.07, 6.45) is 3.82. The van der Waals surface area contributed by atoms with E-state index in [4.69, 9.17) is 0 Å². The molecule has 3 N–H and O–H groups in total. The van der Waals surface area contributed by atoms with E-state index >= 15 is 0 Å². The average Bonchev–Trinajstić information content (AvgIpc) is 2.91. The van der Waals surface area contributed by atoms with Crippen LogP contribution in [0.25, 0.3) is 10.8 Å². The number of anilines is 1. The number of fused-ring (bicyclic) bond motifs is 3. The number of likely N-dealkylation sites (tertiary alicyclic amines) is 1. The lowest BCUT2D eigenvalue weighted by molar-refractivity contribution is 0.0480. The van der Waals surface area contributed by atoms with Crippen LogP contribution in [0, 0.1) is 11.8 Å². The molecule has 0 aromatic heterocycles. The van der Waals surface area contributed by atoms with Crippen LogP contribution in [0.15, 0.2) is 60.7 Å². The van der Waals surface area contributed by atoms with Gasteiger partial charge in [-0.15, -0.1) is 0 Å². The Morgan fingerprint density at radius 3 is 2.72 bits per heavy atom. The summed E-state index contributed by atoms with van der Waals surface area (Å²) in [4.78, 5) is 40.0. The zero-order valence-corrected chi connectivity index (χ0v) is 20.1. The number of nitrogens with zero attached hydrogens (tertiary/aromatic N) is 1. The lowest BCUT2D eigenvalue weighted by Crippen LogP contribution is -2.49. The smallest absolute Gasteiger partial charge is 0.319 e. The van der Waals surface area contributed by atoms with Gasteiger partial charge in [-0.2, -0.15) is 0 Å². The van der Waals surface area contributed by atoms with Gasteiger partial charge in [-0.1, -0.05) is 42.5 Å². The van der Waals surface area contributed by atoms with E-state index in [1.807, 2.05) is 59.5 Å². The molecule has 0 radical (unpaired) electrons. The topological polar surface area (TPSA) is 90.5 Å². The van der Waals surface area contributed by atoms with Gasteiger partial charge in [0.25, 0.3) is 11.8 Å². The van der Waals surface area contributed by atoms with Crippen LogP contribution in [-0.4, -0.2) is 41.9 Å². The van der Waals surface area contributed by atoms with Gasteiger partial charge in [0.15, 0.2) is 0 Å². The van der Waals surface area contributed by atoms with Crippen LogP contribution in [0.2, 0.25) is 0 Å². The van der Waals surface area contributed by atoms with Crippen molar-refractivity contribution in [1.29, 1.82) is 0 Å². The SMILES string of the molecule is O=C1NCc2ccc(C(=O)NC3CCC4CN(C(=O)c5cccc6ccccc56)CCC4C3)cc2N1. The molecule has 3 unspecified atom stereocenters. The van der Waals surface area contributed by atoms with Crippen molar-refractivity contribution in [2.75, 3.05) is 18.4 Å². The van der Waals surface area contributed by atoms with E-state index < -0.39 is 0 Å². The van der Waals surface area contributed by atoms with Crippen molar-refractivity contribution < 1.29 is 14.4 Å². The largest absolute Gasteiger partial charge is 0.349 e. The Hall–Kier alpha value is -3.87. The van der Waals surface area contributed by atoms with E-state index in [1.165, 1.54) is 0 Å². The van der Waals surface area contributed by atoms with Crippen LogP contribution in [0.5, 0.6) is 0 Å². The fourth-order valence-corrected chi connectivity index (χ4v) is 6.11. The number of nitrogens with one attached hydrogen (secondary N) is 3. The molecule has 0 bridgehead atoms. The molecule has 1 aliphatic carbocycles. The van der Waals surface area contributed by atoms with Gasteiger partial charge in [-0.25, -0.2) is 4.79 Å². The molecule has 1 saturated heterocycles. The van der Waals surface area contributed by atoms with Crippen molar-refractivity contribution in [3.8, 4) is 0 Å². The first-order valence-electron chi connectivity index (χ1n) is 12.8. The minimum atomic E-state index is -0.247. The third-order valence-corrected chi connectivity index (χ3v) is 8.07. The molecule has 0 spiro atoms. The van der Waals surface area contributed by atoms with Gasteiger partial charge in [0.1, 0.15) is 0 Å². The first-order valence-corrected chi connectivity index (χ1v) is 12.8. The number of benzene rings is 3. The Balaban J connectivity index is 1.08. The third-order valence-electron chi connectivity index (χ3n) is 8.07. The highest BCUT2D eigenvalue weighted by molar-refractivity contribution is 6.07. The minimum absolute atomic E-state index is 0.0994. The van der Waals surface area contributed by atoms with Crippen LogP contribution in [-0.2, 0) is 6.54 Å². The number of amides is 4. The summed E-state index contributed by atoms with van der Waals surface area (Å²) in [6.45, 7) is 2.00. The van der Waals surface area contributed by atoms with Crippen molar-refractivity contribution >= 4 is 34.3 Å². The molecule has 3 aromatic rings. The maximum atomic E-state index is 13.4. The monoisotopic (exact) mass is 482 g/mol. The van der Waals surface area contributed by atoms with Gasteiger partial charge in [0.2, 0.25) is 0 Å². The maximum absolute atomic E-state index is 13.4. The Kier molecular flexibility index (Phi) is 5.83. The second kappa shape index (κ2) is 9.30. The summed E-state index contributed by atoms with van der Waals surface area (Å²) in [6, 6.07) is 19.3. The van der Waals surface area contributed by atoms with Crippen molar-refractivity contribution in [1.82, 2.24) is 15.5 Å². The van der Waals surface area contributed by atoms with Crippen molar-refractivity contribution in [2.45, 2.75) is 38.3 Å². The van der Waals surface area contributed by atoms with Gasteiger partial charge >= 0.3 is 6.03 Å². The third kappa shape index (κ3) is 4.30. The van der Waals surface area contributed by atoms with E-state index in [0.29, 0.717) is 29.6 Å². The number of urea groups is 1. The van der Waals surface area contributed by atoms with E-state index in [9.17, 15) is 14.4 Å². The molecule has 36 heavy (non-hydrogen) atoms. The molecule has 2 fully saturated rings. The van der Waals surface area contributed by atoms with Gasteiger partial charge in [0, 0.05) is 42.5 Å². The summed E-state index contributed by atoms with van der Waals surface area (Å²) >= 11 is 0. The molecule has 2 heterocycles. The predicted octanol–water partition coefficient (Wildman–Crippen LogP) is 4.54. The quantitative estimate of drug-likeness (QED) is 0.512. The lowest BCUT2D eigenvalue weighted by atomic mass is 9.73. The number of carbonyl (C=O) groups is 3. The molecular formula is C29H30N4O3. The van der Waals surface area contributed by atoms with E-state index in [1.54, 1.807) is 6.07 Å². The highest BCUT2D eigenvalue weighted by Gasteiger charge is 2.37. The van der Waals surface area contributed by atoms with Gasteiger partial charge in [-0.05, 0) is 72.1 Å². The summed E-state index contributed by atoms with van der Waals surface area (Å²) < 4.78 is 0. The number of hydrogen-bond acceptors (Lipinski definition) is 3. The lowest BCUT2D eigenvalue weighted by Gasteiger charge is -2.43. The van der Waals surface area contributed by atoms with Crippen LogP contribution >= 0.6 is 0 Å². The highest BCUT2D eigenvalue weighted by Crippen LogP contribution is 2.37. The molecule has 7 nitrogen and oxygen atoms in total. The first kappa shape index (κ1) is 22.6. The minimum Gasteiger partial charge on any atom is -0.349 e. The Morgan fingerprint density at radius 1 is 0.944 bits per heavy atom. The first-order chi connectivity index (χ1) is 17.5. The van der Waals surface area contributed by atoms with Crippen molar-refractivity contribution in [3.63, 3.8) is 0 Å². The molecule has 184 valence electrons. The van der Waals surface area contributed by atoms with Crippen LogP contribution in [0.1, 0.15) is 52.0 Å². The predicted molar refractivity (Wildman–Crippen MR) is 139 cm³/mol. The molecule has 7 heteroatoms. The molecule has 3 aliphatic rings. The molecule has 3 aromatic carbocycles. The van der Waals surface area contributed by atoms with Crippen molar-refractivity contribution in [2.24, 2.45) is 11.8 Å². The fraction of sp³-hybridized carbons (Fsp3) is 0.345. The molecule has 3 atom stereocenters. The number of hydrogen-bond donors (Lipinski definition) is 3. The zero-order valence-electron chi connectivity index (χ0n) is 20.1. The van der Waals surface area contributed by atoms with Crippen LogP contribution < -0.4 is 16.0 Å². The van der Waals surface area contributed by atoms with Gasteiger partial charge in [0.05, 0.1) is 0 Å². The average molecular weight is 483 g/mol. The van der Waals surface area contributed by atoms with Crippen LogP contribution in [0.4, 0.5) is 10.5 Å².